The number of nitrogens with two attached hydrogens (primary N) is 1. The van der Waals surface area contributed by atoms with Gasteiger partial charge >= 0.3 is 0 Å². The van der Waals surface area contributed by atoms with Crippen molar-refractivity contribution < 1.29 is 4.74 Å². The van der Waals surface area contributed by atoms with Crippen molar-refractivity contribution in [2.24, 2.45) is 18.8 Å². The molecule has 0 saturated carbocycles. The lowest BCUT2D eigenvalue weighted by Gasteiger charge is -2.20. The van der Waals surface area contributed by atoms with Crippen LogP contribution in [0.4, 0.5) is 0 Å². The largest absolute Gasteiger partial charge is 0.381 e. The number of nitrogens with one attached hydrogen (secondary N) is 1. The highest BCUT2D eigenvalue weighted by Crippen LogP contribution is 2.26. The molecule has 2 unspecified atom stereocenters. The molecule has 1 aromatic rings. The first-order valence-corrected chi connectivity index (χ1v) is 4.71. The Bertz CT molecular complexity index is 294. The SMILES string of the molecule is Cn1nncc1C(NN)C1CCOC1. The number of aromatic nitrogens is 3. The number of hydrogen-bond acceptors (Lipinski definition) is 5. The fourth-order valence-corrected chi connectivity index (χ4v) is 1.86. The van der Waals surface area contributed by atoms with Crippen LogP contribution in [-0.2, 0) is 11.8 Å². The first-order chi connectivity index (χ1) is 6.83. The fraction of sp³-hybridized carbons (Fsp3) is 0.750. The molecule has 3 N–H and O–H groups in total. The monoisotopic (exact) mass is 197 g/mol. The van der Waals surface area contributed by atoms with E-state index >= 15 is 0 Å². The lowest BCUT2D eigenvalue weighted by Crippen LogP contribution is -2.35. The smallest absolute Gasteiger partial charge is 0.0770 e. The standard InChI is InChI=1S/C8H15N5O/c1-13-7(4-10-12-13)8(11-9)6-2-3-14-5-6/h4,6,8,11H,2-3,5,9H2,1H3. The van der Waals surface area contributed by atoms with Crippen molar-refractivity contribution in [3.8, 4) is 0 Å². The number of nitrogens with zero attached hydrogens (tertiary/aromatic N) is 3. The van der Waals surface area contributed by atoms with Crippen molar-refractivity contribution in [2.45, 2.75) is 12.5 Å². The van der Waals surface area contributed by atoms with Crippen LogP contribution in [-0.4, -0.2) is 28.2 Å². The van der Waals surface area contributed by atoms with Gasteiger partial charge in [-0.15, -0.1) is 5.10 Å². The summed E-state index contributed by atoms with van der Waals surface area (Å²) in [5.74, 6) is 5.95. The molecule has 1 aliphatic heterocycles. The van der Waals surface area contributed by atoms with Crippen LogP contribution in [0.3, 0.4) is 0 Å². The summed E-state index contributed by atoms with van der Waals surface area (Å²) in [6, 6.07) is 0.0810. The highest BCUT2D eigenvalue weighted by Gasteiger charge is 2.28. The van der Waals surface area contributed by atoms with Crippen LogP contribution in [0.2, 0.25) is 0 Å². The number of ether oxygens (including phenoxy) is 1. The van der Waals surface area contributed by atoms with Gasteiger partial charge in [0, 0.05) is 19.6 Å². The molecule has 1 fully saturated rings. The molecule has 2 atom stereocenters. The van der Waals surface area contributed by atoms with E-state index in [1.165, 1.54) is 0 Å². The van der Waals surface area contributed by atoms with Gasteiger partial charge < -0.3 is 4.74 Å². The van der Waals surface area contributed by atoms with Crippen molar-refractivity contribution in [2.75, 3.05) is 13.2 Å². The topological polar surface area (TPSA) is 78.0 Å². The van der Waals surface area contributed by atoms with Gasteiger partial charge in [0.2, 0.25) is 0 Å². The molecule has 78 valence electrons. The second-order valence-electron chi connectivity index (χ2n) is 3.55. The van der Waals surface area contributed by atoms with Crippen molar-refractivity contribution in [3.05, 3.63) is 11.9 Å². The Hall–Kier alpha value is -0.980. The molecule has 1 saturated heterocycles. The zero-order valence-electron chi connectivity index (χ0n) is 8.18. The van der Waals surface area contributed by atoms with Gasteiger partial charge in [0.1, 0.15) is 0 Å². The maximum absolute atomic E-state index is 5.54. The first kappa shape index (κ1) is 9.57. The Morgan fingerprint density at radius 3 is 3.14 bits per heavy atom. The highest BCUT2D eigenvalue weighted by molar-refractivity contribution is 5.04. The Morgan fingerprint density at radius 1 is 1.79 bits per heavy atom. The third-order valence-corrected chi connectivity index (χ3v) is 2.68. The highest BCUT2D eigenvalue weighted by atomic mass is 16.5. The Morgan fingerprint density at radius 2 is 2.64 bits per heavy atom. The molecule has 0 bridgehead atoms. The summed E-state index contributed by atoms with van der Waals surface area (Å²) in [7, 11) is 1.86. The molecule has 2 rings (SSSR count). The average Bonchev–Trinajstić information content (AvgIpc) is 2.80. The minimum atomic E-state index is 0.0810. The van der Waals surface area contributed by atoms with Crippen LogP contribution in [0.5, 0.6) is 0 Å². The molecular weight excluding hydrogens is 182 g/mol. The lowest BCUT2D eigenvalue weighted by atomic mass is 9.97. The van der Waals surface area contributed by atoms with E-state index in [-0.39, 0.29) is 6.04 Å². The number of hydrazine groups is 1. The van der Waals surface area contributed by atoms with Crippen LogP contribution in [0, 0.1) is 5.92 Å². The van der Waals surface area contributed by atoms with Gasteiger partial charge in [-0.1, -0.05) is 5.21 Å². The summed E-state index contributed by atoms with van der Waals surface area (Å²) >= 11 is 0. The third kappa shape index (κ3) is 1.63. The molecule has 14 heavy (non-hydrogen) atoms. The van der Waals surface area contributed by atoms with Gasteiger partial charge in [0.05, 0.1) is 24.5 Å². The van der Waals surface area contributed by atoms with E-state index in [9.17, 15) is 0 Å². The Labute approximate surface area is 82.4 Å². The lowest BCUT2D eigenvalue weighted by molar-refractivity contribution is 0.175. The Balaban J connectivity index is 2.16. The molecule has 0 radical (unpaired) electrons. The van der Waals surface area contributed by atoms with E-state index in [2.05, 4.69) is 15.7 Å². The molecule has 0 aliphatic carbocycles. The van der Waals surface area contributed by atoms with E-state index in [4.69, 9.17) is 10.6 Å². The predicted octanol–water partition coefficient (Wildman–Crippen LogP) is -0.644. The van der Waals surface area contributed by atoms with Gasteiger partial charge in [-0.3, -0.25) is 16.0 Å². The van der Waals surface area contributed by atoms with Crippen molar-refractivity contribution in [1.29, 1.82) is 0 Å². The summed E-state index contributed by atoms with van der Waals surface area (Å²) < 4.78 is 7.07. The second kappa shape index (κ2) is 4.04. The fourth-order valence-electron chi connectivity index (χ4n) is 1.86. The quantitative estimate of drug-likeness (QED) is 0.497. The first-order valence-electron chi connectivity index (χ1n) is 4.71. The predicted molar refractivity (Wildman–Crippen MR) is 50.0 cm³/mol. The molecular formula is C8H15N5O. The van der Waals surface area contributed by atoms with Crippen molar-refractivity contribution in [3.63, 3.8) is 0 Å². The van der Waals surface area contributed by atoms with Crippen LogP contribution in [0.1, 0.15) is 18.2 Å². The average molecular weight is 197 g/mol. The van der Waals surface area contributed by atoms with Gasteiger partial charge in [-0.25, -0.2) is 0 Å². The zero-order valence-corrected chi connectivity index (χ0v) is 8.18. The summed E-state index contributed by atoms with van der Waals surface area (Å²) in [6.45, 7) is 1.56. The van der Waals surface area contributed by atoms with Gasteiger partial charge in [-0.05, 0) is 6.42 Å². The van der Waals surface area contributed by atoms with E-state index in [0.717, 1.165) is 25.3 Å². The summed E-state index contributed by atoms with van der Waals surface area (Å²) in [5, 5.41) is 7.73. The van der Waals surface area contributed by atoms with Gasteiger partial charge in [0.25, 0.3) is 0 Å². The number of aryl methyl sites for hydroxylation is 1. The molecule has 2 heterocycles. The van der Waals surface area contributed by atoms with E-state index in [1.54, 1.807) is 10.9 Å². The number of rotatable bonds is 3. The third-order valence-electron chi connectivity index (χ3n) is 2.68. The van der Waals surface area contributed by atoms with E-state index in [1.807, 2.05) is 7.05 Å². The molecule has 0 spiro atoms. The second-order valence-corrected chi connectivity index (χ2v) is 3.55. The molecule has 0 amide bonds. The minimum Gasteiger partial charge on any atom is -0.381 e. The van der Waals surface area contributed by atoms with E-state index in [0.29, 0.717) is 5.92 Å². The van der Waals surface area contributed by atoms with Crippen molar-refractivity contribution in [1.82, 2.24) is 20.4 Å². The van der Waals surface area contributed by atoms with Crippen LogP contribution < -0.4 is 11.3 Å². The molecule has 1 aromatic heterocycles. The maximum atomic E-state index is 5.54. The van der Waals surface area contributed by atoms with Crippen LogP contribution >= 0.6 is 0 Å². The summed E-state index contributed by atoms with van der Waals surface area (Å²) in [6.07, 6.45) is 2.77. The van der Waals surface area contributed by atoms with Gasteiger partial charge in [-0.2, -0.15) is 0 Å². The molecule has 6 nitrogen and oxygen atoms in total. The molecule has 0 aromatic carbocycles. The number of hydrogen-bond donors (Lipinski definition) is 2. The normalized spacial score (nSPS) is 24.0. The Kier molecular flexibility index (Phi) is 2.76. The zero-order chi connectivity index (χ0) is 9.97. The summed E-state index contributed by atoms with van der Waals surface area (Å²) in [5.41, 5.74) is 3.81. The van der Waals surface area contributed by atoms with Crippen LogP contribution in [0.15, 0.2) is 6.20 Å². The summed E-state index contributed by atoms with van der Waals surface area (Å²) in [4.78, 5) is 0. The van der Waals surface area contributed by atoms with Gasteiger partial charge in [0.15, 0.2) is 0 Å². The van der Waals surface area contributed by atoms with Crippen LogP contribution in [0.25, 0.3) is 0 Å². The molecule has 1 aliphatic rings. The maximum Gasteiger partial charge on any atom is 0.0770 e. The van der Waals surface area contributed by atoms with E-state index < -0.39 is 0 Å². The molecule has 6 heteroatoms. The van der Waals surface area contributed by atoms with Crippen molar-refractivity contribution >= 4 is 0 Å². The minimum absolute atomic E-state index is 0.0810.